The number of hydrogen-bond donors (Lipinski definition) is 1. The number of rotatable bonds is 12. The maximum absolute atomic E-state index is 13.0. The van der Waals surface area contributed by atoms with Gasteiger partial charge in [-0.2, -0.15) is 0 Å². The zero-order valence-corrected chi connectivity index (χ0v) is 28.1. The first-order valence-corrected chi connectivity index (χ1v) is 16.6. The third-order valence-electron chi connectivity index (χ3n) is 8.48. The number of nitrogens with one attached hydrogen (secondary N) is 1. The van der Waals surface area contributed by atoms with Gasteiger partial charge in [-0.15, -0.1) is 0 Å². The molecule has 0 aromatic heterocycles. The first kappa shape index (κ1) is 34.3. The van der Waals surface area contributed by atoms with Crippen molar-refractivity contribution in [3.63, 3.8) is 0 Å². The maximum Gasteiger partial charge on any atom is 0.410 e. The van der Waals surface area contributed by atoms with Crippen molar-refractivity contribution >= 4 is 17.7 Å². The van der Waals surface area contributed by atoms with Gasteiger partial charge in [0.1, 0.15) is 17.1 Å². The molecule has 2 heterocycles. The highest BCUT2D eigenvalue weighted by atomic mass is 16.6. The van der Waals surface area contributed by atoms with Gasteiger partial charge in [0.25, 0.3) is 0 Å². The molecule has 2 atom stereocenters. The van der Waals surface area contributed by atoms with Crippen LogP contribution in [-0.2, 0) is 38.6 Å². The van der Waals surface area contributed by atoms with Gasteiger partial charge in [0, 0.05) is 42.1 Å². The third kappa shape index (κ3) is 9.72. The molecular weight excluding hydrogens is 596 g/mol. The number of anilines is 1. The van der Waals surface area contributed by atoms with Crippen molar-refractivity contribution < 1.29 is 33.3 Å². The second-order valence-electron chi connectivity index (χ2n) is 13.2. The highest BCUT2D eigenvalue weighted by molar-refractivity contribution is 5.93. The summed E-state index contributed by atoms with van der Waals surface area (Å²) in [5.41, 5.74) is 4.51. The summed E-state index contributed by atoms with van der Waals surface area (Å²) in [6, 6.07) is 22.1. The molecule has 2 unspecified atom stereocenters. The summed E-state index contributed by atoms with van der Waals surface area (Å²) in [5.74, 6) is 1.73. The zero-order chi connectivity index (χ0) is 33.2. The summed E-state index contributed by atoms with van der Waals surface area (Å²) < 4.78 is 29.5. The summed E-state index contributed by atoms with van der Waals surface area (Å²) >= 11 is 0. The minimum absolute atomic E-state index is 0.0329. The molecule has 9 heteroatoms. The van der Waals surface area contributed by atoms with Crippen LogP contribution in [0, 0.1) is 0 Å². The molecule has 0 aliphatic carbocycles. The van der Waals surface area contributed by atoms with Crippen LogP contribution in [0.25, 0.3) is 0 Å². The van der Waals surface area contributed by atoms with Crippen LogP contribution < -0.4 is 14.8 Å². The first-order valence-electron chi connectivity index (χ1n) is 16.6. The predicted octanol–water partition coefficient (Wildman–Crippen LogP) is 7.27. The van der Waals surface area contributed by atoms with Gasteiger partial charge in [-0.05, 0) is 69.4 Å². The van der Waals surface area contributed by atoms with Crippen molar-refractivity contribution in [2.24, 2.45) is 0 Å². The Labute approximate surface area is 278 Å². The van der Waals surface area contributed by atoms with E-state index < -0.39 is 5.60 Å². The number of hydrogen-bond acceptors (Lipinski definition) is 7. The highest BCUT2D eigenvalue weighted by Crippen LogP contribution is 2.34. The second-order valence-corrected chi connectivity index (χ2v) is 13.2. The number of ether oxygens (including phenoxy) is 5. The Hall–Kier alpha value is -4.08. The maximum atomic E-state index is 13.0. The van der Waals surface area contributed by atoms with Crippen molar-refractivity contribution in [3.8, 4) is 11.5 Å². The molecule has 0 bridgehead atoms. The molecule has 2 amide bonds. The van der Waals surface area contributed by atoms with Gasteiger partial charge in [-0.1, -0.05) is 48.5 Å². The van der Waals surface area contributed by atoms with Gasteiger partial charge in [0.2, 0.25) is 5.91 Å². The quantitative estimate of drug-likeness (QED) is 0.207. The molecule has 1 fully saturated rings. The van der Waals surface area contributed by atoms with Gasteiger partial charge in [-0.3, -0.25) is 4.79 Å². The van der Waals surface area contributed by atoms with Crippen LogP contribution in [-0.4, -0.2) is 62.0 Å². The number of carbonyl (C=O) groups is 2. The van der Waals surface area contributed by atoms with Gasteiger partial charge in [0.15, 0.2) is 0 Å². The van der Waals surface area contributed by atoms with Gasteiger partial charge in [0.05, 0.1) is 46.2 Å². The number of aryl methyl sites for hydroxylation is 1. The van der Waals surface area contributed by atoms with Gasteiger partial charge in [-0.25, -0.2) is 4.79 Å². The number of piperidine rings is 1. The Morgan fingerprint density at radius 2 is 1.72 bits per heavy atom. The fourth-order valence-corrected chi connectivity index (χ4v) is 6.11. The Morgan fingerprint density at radius 1 is 0.936 bits per heavy atom. The van der Waals surface area contributed by atoms with Crippen LogP contribution in [0.15, 0.2) is 66.7 Å². The van der Waals surface area contributed by atoms with Crippen molar-refractivity contribution in [1.82, 2.24) is 4.90 Å². The standard InChI is InChI=1S/C38H48N2O7/c1-38(2,3)47-37(42)40-21-20-32(34(24-40)46-26-30-13-7-11-28-12-8-15-35(41)39-36(28)30)27-16-18-31(19-17-27)45-23-9-22-44-25-29-10-5-6-14-33(29)43-4/h5-7,10-11,13-14,16-19,32,34H,8-9,12,15,20-26H2,1-4H3,(H,39,41). The number of methoxy groups -OCH3 is 1. The Kier molecular flexibility index (Phi) is 11.8. The molecule has 0 radical (unpaired) electrons. The molecule has 1 saturated heterocycles. The summed E-state index contributed by atoms with van der Waals surface area (Å²) in [6.45, 7) is 8.56. The van der Waals surface area contributed by atoms with E-state index in [0.717, 1.165) is 65.1 Å². The first-order chi connectivity index (χ1) is 22.7. The molecule has 0 spiro atoms. The van der Waals surface area contributed by atoms with Crippen molar-refractivity contribution in [1.29, 1.82) is 0 Å². The molecule has 3 aromatic rings. The van der Waals surface area contributed by atoms with Crippen LogP contribution in [0.2, 0.25) is 0 Å². The lowest BCUT2D eigenvalue weighted by atomic mass is 9.87. The number of fused-ring (bicyclic) bond motifs is 1. The fraction of sp³-hybridized carbons (Fsp3) is 0.474. The van der Waals surface area contributed by atoms with E-state index >= 15 is 0 Å². The number of amides is 2. The minimum Gasteiger partial charge on any atom is -0.496 e. The lowest BCUT2D eigenvalue weighted by Crippen LogP contribution is -2.48. The molecular formula is C38H48N2O7. The molecule has 1 N–H and O–H groups in total. The molecule has 47 heavy (non-hydrogen) atoms. The summed E-state index contributed by atoms with van der Waals surface area (Å²) in [5, 5.41) is 3.09. The van der Waals surface area contributed by atoms with E-state index in [2.05, 4.69) is 23.5 Å². The SMILES string of the molecule is COc1ccccc1COCCCOc1ccc(C2CCN(C(=O)OC(C)(C)C)CC2OCc2cccc3c2NC(=O)CCC3)cc1. The molecule has 2 aliphatic heterocycles. The average molecular weight is 645 g/mol. The average Bonchev–Trinajstić information content (AvgIpc) is 3.26. The summed E-state index contributed by atoms with van der Waals surface area (Å²) in [4.78, 5) is 27.1. The minimum atomic E-state index is -0.582. The predicted molar refractivity (Wildman–Crippen MR) is 181 cm³/mol. The van der Waals surface area contributed by atoms with Crippen LogP contribution in [0.1, 0.15) is 74.6 Å². The van der Waals surface area contributed by atoms with Crippen LogP contribution in [0.4, 0.5) is 10.5 Å². The van der Waals surface area contributed by atoms with E-state index in [1.807, 2.05) is 69.3 Å². The van der Waals surface area contributed by atoms with Crippen molar-refractivity contribution in [2.75, 3.05) is 38.7 Å². The number of benzene rings is 3. The van der Waals surface area contributed by atoms with E-state index in [0.29, 0.717) is 45.9 Å². The van der Waals surface area contributed by atoms with E-state index in [1.165, 1.54) is 0 Å². The van der Waals surface area contributed by atoms with E-state index in [9.17, 15) is 9.59 Å². The van der Waals surface area contributed by atoms with E-state index in [1.54, 1.807) is 12.0 Å². The smallest absolute Gasteiger partial charge is 0.410 e. The van der Waals surface area contributed by atoms with Gasteiger partial charge < -0.3 is 33.9 Å². The number of carbonyl (C=O) groups excluding carboxylic acids is 2. The van der Waals surface area contributed by atoms with Crippen molar-refractivity contribution in [3.05, 3.63) is 89.0 Å². The molecule has 3 aromatic carbocycles. The Bertz CT molecular complexity index is 1480. The van der Waals surface area contributed by atoms with E-state index in [4.69, 9.17) is 23.7 Å². The zero-order valence-electron chi connectivity index (χ0n) is 28.1. The highest BCUT2D eigenvalue weighted by Gasteiger charge is 2.35. The summed E-state index contributed by atoms with van der Waals surface area (Å²) in [7, 11) is 1.66. The third-order valence-corrected chi connectivity index (χ3v) is 8.48. The van der Waals surface area contributed by atoms with Crippen LogP contribution in [0.3, 0.4) is 0 Å². The second kappa shape index (κ2) is 16.2. The molecule has 0 saturated carbocycles. The lowest BCUT2D eigenvalue weighted by Gasteiger charge is -2.39. The topological polar surface area (TPSA) is 95.6 Å². The number of likely N-dealkylation sites (tertiary alicyclic amines) is 1. The van der Waals surface area contributed by atoms with Crippen LogP contribution >= 0.6 is 0 Å². The monoisotopic (exact) mass is 644 g/mol. The molecule has 252 valence electrons. The van der Waals surface area contributed by atoms with Crippen LogP contribution in [0.5, 0.6) is 11.5 Å². The Balaban J connectivity index is 1.19. The number of para-hydroxylation sites is 2. The van der Waals surface area contributed by atoms with Crippen molar-refractivity contribution in [2.45, 2.75) is 83.7 Å². The summed E-state index contributed by atoms with van der Waals surface area (Å²) in [6.07, 6.45) is 3.10. The molecule has 5 rings (SSSR count). The van der Waals surface area contributed by atoms with Gasteiger partial charge >= 0.3 is 6.09 Å². The Morgan fingerprint density at radius 3 is 2.51 bits per heavy atom. The largest absolute Gasteiger partial charge is 0.496 e. The molecule has 9 nitrogen and oxygen atoms in total. The normalized spacial score (nSPS) is 18.1. The number of nitrogens with zero attached hydrogens (tertiary/aromatic N) is 1. The van der Waals surface area contributed by atoms with E-state index in [-0.39, 0.29) is 24.0 Å². The fourth-order valence-electron chi connectivity index (χ4n) is 6.11. The lowest BCUT2D eigenvalue weighted by molar-refractivity contribution is -0.116. The molecule has 2 aliphatic rings.